The van der Waals surface area contributed by atoms with E-state index in [1.165, 1.54) is 0 Å². The first kappa shape index (κ1) is 20.3. The summed E-state index contributed by atoms with van der Waals surface area (Å²) in [5, 5.41) is 11.6. The number of methoxy groups -OCH3 is 1. The van der Waals surface area contributed by atoms with Gasteiger partial charge in [0.2, 0.25) is 5.91 Å². The van der Waals surface area contributed by atoms with Crippen molar-refractivity contribution in [1.82, 2.24) is 5.32 Å². The van der Waals surface area contributed by atoms with Crippen LogP contribution >= 0.6 is 0 Å². The predicted octanol–water partition coefficient (Wildman–Crippen LogP) is 2.80. The minimum atomic E-state index is -1.01. The second-order valence-electron chi connectivity index (χ2n) is 6.66. The number of amides is 1. The normalized spacial score (nSPS) is 10.9. The van der Waals surface area contributed by atoms with Crippen LogP contribution in [0.15, 0.2) is 48.5 Å². The highest BCUT2D eigenvalue weighted by molar-refractivity contribution is 5.88. The van der Waals surface area contributed by atoms with E-state index >= 15 is 0 Å². The topological polar surface area (TPSA) is 84.9 Å². The van der Waals surface area contributed by atoms with Crippen LogP contribution in [0, 0.1) is 0 Å². The minimum Gasteiger partial charge on any atom is -0.496 e. The molecule has 0 spiro atoms. The number of nitrogens with one attached hydrogen (secondary N) is 1. The molecule has 2 N–H and O–H groups in total. The van der Waals surface area contributed by atoms with Crippen molar-refractivity contribution < 1.29 is 24.2 Å². The molecule has 6 heteroatoms. The van der Waals surface area contributed by atoms with Gasteiger partial charge in [0.25, 0.3) is 0 Å². The molecule has 0 radical (unpaired) electrons. The monoisotopic (exact) mass is 371 g/mol. The second kappa shape index (κ2) is 9.07. The van der Waals surface area contributed by atoms with E-state index in [2.05, 4.69) is 5.32 Å². The number of benzene rings is 2. The molecule has 0 aliphatic carbocycles. The number of para-hydroxylation sites is 1. The van der Waals surface area contributed by atoms with E-state index in [4.69, 9.17) is 14.6 Å². The molecule has 6 nitrogen and oxygen atoms in total. The highest BCUT2D eigenvalue weighted by Crippen LogP contribution is 2.31. The number of rotatable bonds is 9. The average molecular weight is 371 g/mol. The third-order valence-corrected chi connectivity index (χ3v) is 4.33. The van der Waals surface area contributed by atoms with E-state index in [0.29, 0.717) is 24.5 Å². The van der Waals surface area contributed by atoms with Crippen molar-refractivity contribution >= 4 is 11.9 Å². The van der Waals surface area contributed by atoms with Gasteiger partial charge in [-0.1, -0.05) is 30.3 Å². The number of carbonyl (C=O) groups excluding carboxylic acids is 1. The molecule has 2 rings (SSSR count). The molecule has 0 bridgehead atoms. The zero-order valence-corrected chi connectivity index (χ0v) is 15.8. The Kier molecular flexibility index (Phi) is 6.82. The lowest BCUT2D eigenvalue weighted by Crippen LogP contribution is -2.41. The molecule has 0 saturated carbocycles. The highest BCUT2D eigenvalue weighted by atomic mass is 16.5. The largest absolute Gasteiger partial charge is 0.496 e. The number of carboxylic acids is 1. The number of carboxylic acid groups (broad SMARTS) is 1. The number of aliphatic carboxylic acids is 1. The molecule has 1 amide bonds. The Morgan fingerprint density at radius 2 is 1.74 bits per heavy atom. The Labute approximate surface area is 159 Å². The van der Waals surface area contributed by atoms with Crippen molar-refractivity contribution in [3.63, 3.8) is 0 Å². The van der Waals surface area contributed by atoms with Crippen molar-refractivity contribution in [2.24, 2.45) is 0 Å². The van der Waals surface area contributed by atoms with E-state index in [9.17, 15) is 9.59 Å². The summed E-state index contributed by atoms with van der Waals surface area (Å²) < 4.78 is 10.5. The fourth-order valence-electron chi connectivity index (χ4n) is 2.72. The van der Waals surface area contributed by atoms with Gasteiger partial charge in [0.1, 0.15) is 11.5 Å². The van der Waals surface area contributed by atoms with Gasteiger partial charge in [0.05, 0.1) is 12.5 Å². The molecule has 0 heterocycles. The van der Waals surface area contributed by atoms with Gasteiger partial charge in [0, 0.05) is 12.1 Å². The van der Waals surface area contributed by atoms with Crippen LogP contribution in [-0.4, -0.2) is 37.2 Å². The van der Waals surface area contributed by atoms with Crippen LogP contribution in [-0.2, 0) is 21.4 Å². The van der Waals surface area contributed by atoms with Crippen LogP contribution in [0.4, 0.5) is 0 Å². The molecule has 27 heavy (non-hydrogen) atoms. The third-order valence-electron chi connectivity index (χ3n) is 4.33. The summed E-state index contributed by atoms with van der Waals surface area (Å²) in [6, 6.07) is 14.7. The number of ether oxygens (including phenoxy) is 2. The van der Waals surface area contributed by atoms with Crippen LogP contribution in [0.2, 0.25) is 0 Å². The van der Waals surface area contributed by atoms with Crippen molar-refractivity contribution in [1.29, 1.82) is 0 Å². The molecule has 0 unspecified atom stereocenters. The summed E-state index contributed by atoms with van der Waals surface area (Å²) in [4.78, 5) is 23.2. The van der Waals surface area contributed by atoms with Gasteiger partial charge in [-0.25, -0.2) is 4.79 Å². The zero-order valence-electron chi connectivity index (χ0n) is 15.8. The Bertz CT molecular complexity index is 783. The summed E-state index contributed by atoms with van der Waals surface area (Å²) >= 11 is 0. The molecule has 144 valence electrons. The molecule has 0 fully saturated rings. The highest BCUT2D eigenvalue weighted by Gasteiger charge is 2.32. The van der Waals surface area contributed by atoms with Crippen molar-refractivity contribution in [3.05, 3.63) is 59.7 Å². The Morgan fingerprint density at radius 1 is 1.07 bits per heavy atom. The van der Waals surface area contributed by atoms with Crippen LogP contribution < -0.4 is 14.8 Å². The zero-order chi connectivity index (χ0) is 19.9. The summed E-state index contributed by atoms with van der Waals surface area (Å²) in [5.41, 5.74) is 1.14. The lowest BCUT2D eigenvalue weighted by Gasteiger charge is -2.26. The fraction of sp³-hybridized carbons (Fsp3) is 0.333. The van der Waals surface area contributed by atoms with Gasteiger partial charge in [0.15, 0.2) is 6.61 Å². The molecule has 2 aromatic carbocycles. The first-order valence-corrected chi connectivity index (χ1v) is 8.70. The molecular formula is C21H25NO5. The summed E-state index contributed by atoms with van der Waals surface area (Å²) in [6.07, 6.45) is 0.660. The molecule has 0 saturated heterocycles. The fourth-order valence-corrected chi connectivity index (χ4v) is 2.72. The second-order valence-corrected chi connectivity index (χ2v) is 6.66. The maximum Gasteiger partial charge on any atom is 0.341 e. The van der Waals surface area contributed by atoms with Crippen molar-refractivity contribution in [3.8, 4) is 11.5 Å². The molecule has 0 aliphatic heterocycles. The van der Waals surface area contributed by atoms with Crippen LogP contribution in [0.25, 0.3) is 0 Å². The molecule has 0 aliphatic rings. The SMILES string of the molecule is COc1ccccc1C(C)(C)C(=O)NCCc1ccc(OCC(=O)O)cc1. The predicted molar refractivity (Wildman–Crippen MR) is 102 cm³/mol. The van der Waals surface area contributed by atoms with Crippen LogP contribution in [0.5, 0.6) is 11.5 Å². The van der Waals surface area contributed by atoms with Crippen molar-refractivity contribution in [2.75, 3.05) is 20.3 Å². The minimum absolute atomic E-state index is 0.0755. The average Bonchev–Trinajstić information content (AvgIpc) is 2.67. The lowest BCUT2D eigenvalue weighted by atomic mass is 9.83. The van der Waals surface area contributed by atoms with Crippen LogP contribution in [0.1, 0.15) is 25.0 Å². The maximum absolute atomic E-state index is 12.7. The van der Waals surface area contributed by atoms with Gasteiger partial charge in [-0.15, -0.1) is 0 Å². The Hall–Kier alpha value is -3.02. The van der Waals surface area contributed by atoms with E-state index in [1.807, 2.05) is 50.2 Å². The maximum atomic E-state index is 12.7. The first-order valence-electron chi connectivity index (χ1n) is 8.70. The standard InChI is InChI=1S/C21H25NO5/c1-21(2,17-6-4-5-7-18(17)26-3)20(25)22-13-12-15-8-10-16(11-9-15)27-14-19(23)24/h4-11H,12-14H2,1-3H3,(H,22,25)(H,23,24). The molecule has 2 aromatic rings. The van der Waals surface area contributed by atoms with E-state index in [-0.39, 0.29) is 12.5 Å². The first-order chi connectivity index (χ1) is 12.8. The van der Waals surface area contributed by atoms with Gasteiger partial charge < -0.3 is 19.9 Å². The van der Waals surface area contributed by atoms with E-state index in [0.717, 1.165) is 11.1 Å². The molecule has 0 atom stereocenters. The Balaban J connectivity index is 1.90. The summed E-state index contributed by atoms with van der Waals surface area (Å²) in [6.45, 7) is 3.86. The van der Waals surface area contributed by atoms with Gasteiger partial charge in [-0.05, 0) is 44.0 Å². The van der Waals surface area contributed by atoms with Gasteiger partial charge in [-0.2, -0.15) is 0 Å². The van der Waals surface area contributed by atoms with Crippen molar-refractivity contribution in [2.45, 2.75) is 25.7 Å². The number of hydrogen-bond donors (Lipinski definition) is 2. The summed E-state index contributed by atoms with van der Waals surface area (Å²) in [7, 11) is 1.59. The molecule has 0 aromatic heterocycles. The third kappa shape index (κ3) is 5.48. The number of carbonyl (C=O) groups is 2. The van der Waals surface area contributed by atoms with Crippen LogP contribution in [0.3, 0.4) is 0 Å². The van der Waals surface area contributed by atoms with Gasteiger partial charge >= 0.3 is 5.97 Å². The van der Waals surface area contributed by atoms with E-state index < -0.39 is 11.4 Å². The number of hydrogen-bond acceptors (Lipinski definition) is 4. The smallest absolute Gasteiger partial charge is 0.341 e. The van der Waals surface area contributed by atoms with E-state index in [1.54, 1.807) is 19.2 Å². The Morgan fingerprint density at radius 3 is 2.37 bits per heavy atom. The molecular weight excluding hydrogens is 346 g/mol. The quantitative estimate of drug-likeness (QED) is 0.708. The summed E-state index contributed by atoms with van der Waals surface area (Å²) in [5.74, 6) is 0.102. The lowest BCUT2D eigenvalue weighted by molar-refractivity contribution is -0.139. The van der Waals surface area contributed by atoms with Gasteiger partial charge in [-0.3, -0.25) is 4.79 Å².